The zero-order chi connectivity index (χ0) is 20.1. The minimum Gasteiger partial charge on any atom is -0.442 e. The highest BCUT2D eigenvalue weighted by Gasteiger charge is 2.34. The van der Waals surface area contributed by atoms with Crippen molar-refractivity contribution in [3.05, 3.63) is 36.2 Å². The highest BCUT2D eigenvalue weighted by atomic mass is 19.1. The molecule has 0 spiro atoms. The van der Waals surface area contributed by atoms with Gasteiger partial charge < -0.3 is 10.1 Å². The lowest BCUT2D eigenvalue weighted by Gasteiger charge is -2.15. The maximum Gasteiger partial charge on any atom is 0.414 e. The summed E-state index contributed by atoms with van der Waals surface area (Å²) in [7, 11) is 0. The Morgan fingerprint density at radius 2 is 2.14 bits per heavy atom. The van der Waals surface area contributed by atoms with E-state index in [2.05, 4.69) is 15.6 Å². The molecule has 0 bridgehead atoms. The molecule has 0 unspecified atom stereocenters. The van der Waals surface area contributed by atoms with Gasteiger partial charge in [0.1, 0.15) is 12.6 Å². The number of aromatic nitrogens is 3. The molecule has 1 aromatic heterocycles. The number of ether oxygens (including phenoxy) is 1. The van der Waals surface area contributed by atoms with Gasteiger partial charge in [0, 0.05) is 18.3 Å². The van der Waals surface area contributed by atoms with E-state index in [4.69, 9.17) is 10.5 Å². The topological polar surface area (TPSA) is 118 Å². The molecule has 1 fully saturated rings. The van der Waals surface area contributed by atoms with Crippen LogP contribution < -0.4 is 16.0 Å². The molecule has 2 heterocycles. The summed E-state index contributed by atoms with van der Waals surface area (Å²) in [5, 5.41) is 9.84. The van der Waals surface area contributed by atoms with Crippen LogP contribution in [0.25, 0.3) is 0 Å². The van der Waals surface area contributed by atoms with E-state index < -0.39 is 23.8 Å². The Hall–Kier alpha value is -3.57. The monoisotopic (exact) mass is 394 g/mol. The van der Waals surface area contributed by atoms with E-state index in [0.29, 0.717) is 6.41 Å². The van der Waals surface area contributed by atoms with Gasteiger partial charge in [0.2, 0.25) is 12.7 Å². The molecule has 1 atom stereocenters. The van der Waals surface area contributed by atoms with E-state index in [1.54, 1.807) is 6.20 Å². The maximum absolute atomic E-state index is 14.6. The number of nitrogens with zero attached hydrogens (tertiary/aromatic N) is 5. The molecule has 1 aliphatic heterocycles. The van der Waals surface area contributed by atoms with Crippen molar-refractivity contribution in [3.63, 3.8) is 0 Å². The Balaban J connectivity index is 1.78. The summed E-state index contributed by atoms with van der Waals surface area (Å²) in [5.41, 5.74) is 5.08. The molecule has 148 valence electrons. The minimum atomic E-state index is -0.907. The smallest absolute Gasteiger partial charge is 0.414 e. The number of carbonyl (C=O) groups is 2. The van der Waals surface area contributed by atoms with E-state index in [1.807, 2.05) is 0 Å². The molecule has 28 heavy (non-hydrogen) atoms. The molecule has 12 heteroatoms. The van der Waals surface area contributed by atoms with Crippen molar-refractivity contribution in [1.29, 1.82) is 0 Å². The van der Waals surface area contributed by atoms with Crippen LogP contribution in [0.3, 0.4) is 0 Å². The van der Waals surface area contributed by atoms with Crippen molar-refractivity contribution >= 4 is 30.2 Å². The van der Waals surface area contributed by atoms with Crippen molar-refractivity contribution in [3.8, 4) is 0 Å². The number of carbonyl (C=O) groups excluding carboxylic acids is 2. The summed E-state index contributed by atoms with van der Waals surface area (Å²) in [6.07, 6.45) is 3.33. The first-order valence-corrected chi connectivity index (χ1v) is 8.33. The Morgan fingerprint density at radius 3 is 2.75 bits per heavy atom. The van der Waals surface area contributed by atoms with Gasteiger partial charge in [0.25, 0.3) is 0 Å². The first-order chi connectivity index (χ1) is 13.5. The summed E-state index contributed by atoms with van der Waals surface area (Å²) in [4.78, 5) is 23.6. The maximum atomic E-state index is 14.6. The summed E-state index contributed by atoms with van der Waals surface area (Å²) >= 11 is 0. The first-order valence-electron chi connectivity index (χ1n) is 8.33. The van der Waals surface area contributed by atoms with E-state index in [1.165, 1.54) is 10.9 Å². The molecule has 1 saturated heterocycles. The molecule has 1 aromatic carbocycles. The van der Waals surface area contributed by atoms with E-state index >= 15 is 0 Å². The van der Waals surface area contributed by atoms with Gasteiger partial charge in [-0.1, -0.05) is 5.21 Å². The number of benzene rings is 1. The van der Waals surface area contributed by atoms with Crippen molar-refractivity contribution in [1.82, 2.24) is 20.3 Å². The third-order valence-corrected chi connectivity index (χ3v) is 4.10. The number of anilines is 1. The van der Waals surface area contributed by atoms with Gasteiger partial charge >= 0.3 is 6.09 Å². The number of amides is 2. The molecule has 2 amide bonds. The Bertz CT molecular complexity index is 865. The highest BCUT2D eigenvalue weighted by molar-refractivity contribution is 5.89. The van der Waals surface area contributed by atoms with Gasteiger partial charge in [-0.3, -0.25) is 15.4 Å². The van der Waals surface area contributed by atoms with Crippen LogP contribution in [0.1, 0.15) is 0 Å². The molecular formula is C16H18F2N7O3+. The van der Waals surface area contributed by atoms with Gasteiger partial charge in [-0.15, -0.1) is 5.10 Å². The second-order valence-corrected chi connectivity index (χ2v) is 5.91. The lowest BCUT2D eigenvalue weighted by molar-refractivity contribution is -0.438. The fourth-order valence-corrected chi connectivity index (χ4v) is 2.85. The van der Waals surface area contributed by atoms with Gasteiger partial charge in [0.05, 0.1) is 31.5 Å². The number of nitrogens with two attached hydrogens (primary N) is 1. The Kier molecular flexibility index (Phi) is 5.77. The summed E-state index contributed by atoms with van der Waals surface area (Å²) in [6, 6.07) is 2.06. The Morgan fingerprint density at radius 1 is 1.39 bits per heavy atom. The number of hydrogen-bond donors (Lipinski definition) is 2. The predicted octanol–water partition coefficient (Wildman–Crippen LogP) is -0.0413. The molecule has 1 aliphatic rings. The molecule has 10 nitrogen and oxygen atoms in total. The largest absolute Gasteiger partial charge is 0.442 e. The highest BCUT2D eigenvalue weighted by Crippen LogP contribution is 2.30. The second kappa shape index (κ2) is 8.41. The van der Waals surface area contributed by atoms with Crippen LogP contribution in [0.5, 0.6) is 0 Å². The normalized spacial score (nSPS) is 16.9. The number of cyclic esters (lactones) is 1. The van der Waals surface area contributed by atoms with E-state index in [-0.39, 0.29) is 37.6 Å². The third kappa shape index (κ3) is 4.05. The lowest BCUT2D eigenvalue weighted by Crippen LogP contribution is -2.27. The Labute approximate surface area is 158 Å². The van der Waals surface area contributed by atoms with Crippen molar-refractivity contribution in [2.45, 2.75) is 12.6 Å². The zero-order valence-corrected chi connectivity index (χ0v) is 14.7. The predicted molar refractivity (Wildman–Crippen MR) is 93.1 cm³/mol. The van der Waals surface area contributed by atoms with Gasteiger partial charge in [-0.25, -0.2) is 22.8 Å². The van der Waals surface area contributed by atoms with Crippen molar-refractivity contribution in [2.75, 3.05) is 24.5 Å². The molecule has 0 aliphatic carbocycles. The van der Waals surface area contributed by atoms with Crippen LogP contribution in [0.15, 0.2) is 24.5 Å². The molecule has 2 aromatic rings. The van der Waals surface area contributed by atoms with Gasteiger partial charge in [0.15, 0.2) is 17.3 Å². The fourth-order valence-electron chi connectivity index (χ4n) is 2.85. The van der Waals surface area contributed by atoms with E-state index in [0.717, 1.165) is 27.9 Å². The van der Waals surface area contributed by atoms with Gasteiger partial charge in [-0.2, -0.15) is 0 Å². The lowest BCUT2D eigenvalue weighted by atomic mass is 10.2. The summed E-state index contributed by atoms with van der Waals surface area (Å²) in [6.45, 7) is 0.576. The molecule has 0 radical (unpaired) electrons. The number of rotatable bonds is 8. The van der Waals surface area contributed by atoms with E-state index in [9.17, 15) is 18.4 Å². The zero-order valence-electron chi connectivity index (χ0n) is 14.7. The quantitative estimate of drug-likeness (QED) is 0.213. The fraction of sp³-hybridized carbons (Fsp3) is 0.312. The molecule has 3 rings (SSSR count). The summed E-state index contributed by atoms with van der Waals surface area (Å²) < 4.78 is 37.0. The van der Waals surface area contributed by atoms with Crippen LogP contribution in [-0.2, 0) is 16.1 Å². The van der Waals surface area contributed by atoms with Crippen molar-refractivity contribution in [2.24, 2.45) is 5.73 Å². The number of halogens is 2. The number of hydrogen-bond acceptors (Lipinski definition) is 5. The standard InChI is InChI=1S/C16H17F2N7O3/c17-13-5-11(6-14(18)15(13)23(9-19)3-1-20-10-26)25-8-12(28-16(25)27)7-24-4-2-21-22-24/h2,4-6,9-10,12,19H,1,3,7-8H2,(H,20,26)/p+1/t12-/m0/s1. The summed E-state index contributed by atoms with van der Waals surface area (Å²) in [5.74, 6) is -1.81. The number of nitrogens with one attached hydrogen (secondary N) is 1. The van der Waals surface area contributed by atoms with Crippen LogP contribution in [0.2, 0.25) is 0 Å². The second-order valence-electron chi connectivity index (χ2n) is 5.91. The molecular weight excluding hydrogens is 376 g/mol. The van der Waals surface area contributed by atoms with Crippen LogP contribution >= 0.6 is 0 Å². The van der Waals surface area contributed by atoms with Crippen LogP contribution in [0.4, 0.5) is 25.0 Å². The van der Waals surface area contributed by atoms with Crippen molar-refractivity contribution < 1.29 is 27.7 Å². The molecule has 3 N–H and O–H groups in total. The van der Waals surface area contributed by atoms with Gasteiger partial charge in [-0.05, 0) is 0 Å². The molecule has 0 saturated carbocycles. The first kappa shape index (κ1) is 19.2. The average Bonchev–Trinajstić information content (AvgIpc) is 3.29. The van der Waals surface area contributed by atoms with Crippen LogP contribution in [0, 0.1) is 11.6 Å². The van der Waals surface area contributed by atoms with Crippen LogP contribution in [-0.4, -0.2) is 64.1 Å². The SMILES string of the molecule is NC=[N+](CCNC=O)c1c(F)cc(N2C[C@H](Cn3ccnn3)OC2=O)cc1F. The average molecular weight is 394 g/mol. The third-order valence-electron chi connectivity index (χ3n) is 4.10. The minimum absolute atomic E-state index is 0.0211.